The first-order valence-electron chi connectivity index (χ1n) is 4.83. The van der Waals surface area contributed by atoms with Crippen LogP contribution in [-0.4, -0.2) is 50.9 Å². The van der Waals surface area contributed by atoms with E-state index in [1.165, 1.54) is 0 Å². The molecule has 0 rings (SSSR count). The van der Waals surface area contributed by atoms with E-state index in [9.17, 15) is 0 Å². The molecule has 0 aromatic rings. The third kappa shape index (κ3) is 5.69. The summed E-state index contributed by atoms with van der Waals surface area (Å²) in [5, 5.41) is 8.45. The predicted octanol–water partition coefficient (Wildman–Crippen LogP) is 0.769. The zero-order valence-electron chi connectivity index (χ0n) is 9.28. The fraction of sp³-hybridized carbons (Fsp3) is 0.636. The summed E-state index contributed by atoms with van der Waals surface area (Å²) in [5.74, 6) is 0. The van der Waals surface area contributed by atoms with Crippen molar-refractivity contribution in [1.82, 2.24) is 0 Å². The zero-order chi connectivity index (χ0) is 11.6. The van der Waals surface area contributed by atoms with Gasteiger partial charge in [-0.25, -0.2) is 0 Å². The Morgan fingerprint density at radius 1 is 1.13 bits per heavy atom. The third-order valence-corrected chi connectivity index (χ3v) is 2.01. The van der Waals surface area contributed by atoms with E-state index >= 15 is 0 Å². The van der Waals surface area contributed by atoms with Crippen molar-refractivity contribution in [2.24, 2.45) is 0 Å². The molecule has 0 saturated heterocycles. The number of hydrogen-bond acceptors (Lipinski definition) is 4. The number of aliphatic hydroxyl groups is 1. The molecule has 4 nitrogen and oxygen atoms in total. The van der Waals surface area contributed by atoms with Crippen LogP contribution in [0.4, 0.5) is 0 Å². The lowest BCUT2D eigenvalue weighted by Crippen LogP contribution is -2.32. The molecule has 0 aromatic heterocycles. The second-order valence-corrected chi connectivity index (χ2v) is 2.96. The summed E-state index contributed by atoms with van der Waals surface area (Å²) in [6.45, 7) is 8.95. The van der Waals surface area contributed by atoms with Crippen molar-refractivity contribution in [3.8, 4) is 0 Å². The van der Waals surface area contributed by atoms with Gasteiger partial charge in [0.2, 0.25) is 0 Å². The summed E-state index contributed by atoms with van der Waals surface area (Å²) in [6, 6.07) is 0. The van der Waals surface area contributed by atoms with Crippen LogP contribution in [0.2, 0.25) is 0 Å². The highest BCUT2D eigenvalue weighted by Crippen LogP contribution is 2.13. The molecule has 0 amide bonds. The summed E-state index contributed by atoms with van der Waals surface area (Å²) in [4.78, 5) is 0. The van der Waals surface area contributed by atoms with Gasteiger partial charge in [0.15, 0.2) is 0 Å². The molecule has 0 spiro atoms. The SMILES string of the molecule is C=CC(C=C)(COCCOCCO)OC. The van der Waals surface area contributed by atoms with E-state index in [1.807, 2.05) is 0 Å². The largest absolute Gasteiger partial charge is 0.394 e. The molecule has 0 aliphatic heterocycles. The Morgan fingerprint density at radius 3 is 2.20 bits per heavy atom. The minimum atomic E-state index is -0.628. The molecular formula is C11H20O4. The number of methoxy groups -OCH3 is 1. The van der Waals surface area contributed by atoms with Crippen LogP contribution in [0.25, 0.3) is 0 Å². The van der Waals surface area contributed by atoms with Gasteiger partial charge in [0, 0.05) is 7.11 Å². The van der Waals surface area contributed by atoms with Crippen molar-refractivity contribution in [1.29, 1.82) is 0 Å². The normalized spacial score (nSPS) is 11.3. The Bertz CT molecular complexity index is 171. The second-order valence-electron chi connectivity index (χ2n) is 2.96. The van der Waals surface area contributed by atoms with E-state index in [1.54, 1.807) is 19.3 Å². The van der Waals surface area contributed by atoms with Crippen molar-refractivity contribution in [2.45, 2.75) is 5.60 Å². The molecule has 0 aliphatic rings. The molecule has 0 radical (unpaired) electrons. The van der Waals surface area contributed by atoms with Gasteiger partial charge >= 0.3 is 0 Å². The predicted molar refractivity (Wildman–Crippen MR) is 58.9 cm³/mol. The van der Waals surface area contributed by atoms with Gasteiger partial charge in [0.1, 0.15) is 5.60 Å². The molecule has 0 saturated carbocycles. The van der Waals surface area contributed by atoms with Gasteiger partial charge in [-0.3, -0.25) is 0 Å². The third-order valence-electron chi connectivity index (χ3n) is 2.01. The first-order chi connectivity index (χ1) is 7.24. The lowest BCUT2D eigenvalue weighted by molar-refractivity contribution is -0.0321. The van der Waals surface area contributed by atoms with Crippen molar-refractivity contribution >= 4 is 0 Å². The van der Waals surface area contributed by atoms with Gasteiger partial charge in [0.25, 0.3) is 0 Å². The molecule has 0 aliphatic carbocycles. The molecule has 4 heteroatoms. The average Bonchev–Trinajstić information content (AvgIpc) is 2.29. The van der Waals surface area contributed by atoms with Gasteiger partial charge in [-0.2, -0.15) is 0 Å². The van der Waals surface area contributed by atoms with Crippen molar-refractivity contribution in [3.63, 3.8) is 0 Å². The van der Waals surface area contributed by atoms with Crippen molar-refractivity contribution < 1.29 is 19.3 Å². The number of rotatable bonds is 10. The van der Waals surface area contributed by atoms with E-state index in [0.29, 0.717) is 26.4 Å². The minimum absolute atomic E-state index is 0.0291. The summed E-state index contributed by atoms with van der Waals surface area (Å²) < 4.78 is 15.6. The van der Waals surface area contributed by atoms with Crippen LogP contribution < -0.4 is 0 Å². The summed E-state index contributed by atoms with van der Waals surface area (Å²) in [7, 11) is 1.58. The zero-order valence-corrected chi connectivity index (χ0v) is 9.28. The van der Waals surface area contributed by atoms with Gasteiger partial charge in [-0.1, -0.05) is 25.3 Å². The van der Waals surface area contributed by atoms with Crippen molar-refractivity contribution in [2.75, 3.05) is 40.1 Å². The maximum Gasteiger partial charge on any atom is 0.127 e. The Kier molecular flexibility index (Phi) is 8.22. The van der Waals surface area contributed by atoms with Gasteiger partial charge in [-0.15, -0.1) is 0 Å². The molecule has 1 N–H and O–H groups in total. The van der Waals surface area contributed by atoms with Gasteiger partial charge in [-0.05, 0) is 0 Å². The fourth-order valence-corrected chi connectivity index (χ4v) is 0.943. The molecule has 0 atom stereocenters. The number of ether oxygens (including phenoxy) is 3. The Morgan fingerprint density at radius 2 is 1.73 bits per heavy atom. The smallest absolute Gasteiger partial charge is 0.127 e. The molecule has 0 bridgehead atoms. The summed E-state index contributed by atoms with van der Waals surface area (Å²) in [5.41, 5.74) is -0.628. The first-order valence-corrected chi connectivity index (χ1v) is 4.83. The highest BCUT2D eigenvalue weighted by atomic mass is 16.6. The number of hydrogen-bond donors (Lipinski definition) is 1. The van der Waals surface area contributed by atoms with Crippen LogP contribution in [-0.2, 0) is 14.2 Å². The molecular weight excluding hydrogens is 196 g/mol. The Hall–Kier alpha value is -0.680. The van der Waals surface area contributed by atoms with E-state index < -0.39 is 5.60 Å². The van der Waals surface area contributed by atoms with E-state index in [4.69, 9.17) is 19.3 Å². The first kappa shape index (κ1) is 14.3. The second kappa shape index (κ2) is 8.61. The summed E-state index contributed by atoms with van der Waals surface area (Å²) >= 11 is 0. The van der Waals surface area contributed by atoms with Crippen LogP contribution in [0.5, 0.6) is 0 Å². The standard InChI is InChI=1S/C11H20O4/c1-4-11(5-2,13-3)10-15-9-8-14-7-6-12/h4-5,12H,1-2,6-10H2,3H3. The highest BCUT2D eigenvalue weighted by molar-refractivity contribution is 5.09. The van der Waals surface area contributed by atoms with Crippen LogP contribution in [0.15, 0.2) is 25.3 Å². The molecule has 0 heterocycles. The molecule has 0 aromatic carbocycles. The van der Waals surface area contributed by atoms with E-state index in [-0.39, 0.29) is 6.61 Å². The van der Waals surface area contributed by atoms with Crippen LogP contribution in [0, 0.1) is 0 Å². The van der Waals surface area contributed by atoms with Crippen molar-refractivity contribution in [3.05, 3.63) is 25.3 Å². The van der Waals surface area contributed by atoms with Crippen LogP contribution in [0.1, 0.15) is 0 Å². The average molecular weight is 216 g/mol. The minimum Gasteiger partial charge on any atom is -0.394 e. The quantitative estimate of drug-likeness (QED) is 0.433. The highest BCUT2D eigenvalue weighted by Gasteiger charge is 2.21. The summed E-state index contributed by atoms with van der Waals surface area (Å²) in [6.07, 6.45) is 3.29. The molecule has 0 unspecified atom stereocenters. The molecule has 88 valence electrons. The maximum absolute atomic E-state index is 8.45. The lowest BCUT2D eigenvalue weighted by Gasteiger charge is -2.24. The maximum atomic E-state index is 8.45. The van der Waals surface area contributed by atoms with E-state index in [0.717, 1.165) is 0 Å². The van der Waals surface area contributed by atoms with Crippen LogP contribution >= 0.6 is 0 Å². The van der Waals surface area contributed by atoms with Crippen LogP contribution in [0.3, 0.4) is 0 Å². The Balaban J connectivity index is 3.63. The van der Waals surface area contributed by atoms with E-state index in [2.05, 4.69) is 13.2 Å². The van der Waals surface area contributed by atoms with Gasteiger partial charge < -0.3 is 19.3 Å². The van der Waals surface area contributed by atoms with Gasteiger partial charge in [0.05, 0.1) is 33.0 Å². The lowest BCUT2D eigenvalue weighted by atomic mass is 10.1. The fourth-order valence-electron chi connectivity index (χ4n) is 0.943. The molecule has 0 fully saturated rings. The number of aliphatic hydroxyl groups excluding tert-OH is 1. The molecule has 15 heavy (non-hydrogen) atoms. The topological polar surface area (TPSA) is 47.9 Å². The Labute approximate surface area is 91.1 Å². The monoisotopic (exact) mass is 216 g/mol.